The average molecular weight is 353 g/mol. The van der Waals surface area contributed by atoms with Crippen LogP contribution in [-0.4, -0.2) is 29.0 Å². The van der Waals surface area contributed by atoms with Gasteiger partial charge in [0.15, 0.2) is 0 Å². The minimum absolute atomic E-state index is 0. The molecule has 5 rings (SSSR count). The van der Waals surface area contributed by atoms with E-state index in [1.54, 1.807) is 0 Å². The molecule has 0 radical (unpaired) electrons. The van der Waals surface area contributed by atoms with Gasteiger partial charge in [0.2, 0.25) is 0 Å². The number of nitrogens with zero attached hydrogens (tertiary/aromatic N) is 1. The maximum atomic E-state index is 3.69. The van der Waals surface area contributed by atoms with Crippen LogP contribution in [0.4, 0.5) is 0 Å². The molecule has 1 aliphatic heterocycles. The highest BCUT2D eigenvalue weighted by molar-refractivity contribution is 5.90. The Balaban J connectivity index is 0.000000980. The number of likely N-dealkylation sites (tertiary alicyclic amines) is 1. The van der Waals surface area contributed by atoms with Crippen LogP contribution in [0, 0.1) is 5.92 Å². The zero-order chi connectivity index (χ0) is 16.1. The van der Waals surface area contributed by atoms with Crippen LogP contribution in [0.25, 0.3) is 22.2 Å². The molecule has 3 atom stereocenters. The Morgan fingerprint density at radius 2 is 1.80 bits per heavy atom. The molecule has 2 aromatic carbocycles. The van der Waals surface area contributed by atoms with Gasteiger partial charge >= 0.3 is 1.43 Å². The quantitative estimate of drug-likeness (QED) is 0.763. The topological polar surface area (TPSA) is 19.0 Å². The van der Waals surface area contributed by atoms with Gasteiger partial charge in [0.1, 0.15) is 0 Å². The van der Waals surface area contributed by atoms with Crippen molar-refractivity contribution in [2.45, 2.75) is 37.8 Å². The fraction of sp³-hybridized carbons (Fsp3) is 0.364. The van der Waals surface area contributed by atoms with Crippen molar-refractivity contribution in [1.82, 2.24) is 9.88 Å². The highest BCUT2D eigenvalue weighted by Gasteiger charge is 2.43. The molecule has 2 bridgehead atoms. The van der Waals surface area contributed by atoms with Crippen molar-refractivity contribution in [1.29, 1.82) is 0 Å². The lowest BCUT2D eigenvalue weighted by Crippen LogP contribution is -3.00. The number of fused-ring (bicyclic) bond motifs is 3. The monoisotopic (exact) mass is 352 g/mol. The first-order valence-electron chi connectivity index (χ1n) is 9.18. The smallest absolute Gasteiger partial charge is 1.00 e. The normalized spacial score (nSPS) is 25.4. The fourth-order valence-corrected chi connectivity index (χ4v) is 5.10. The number of H-pyrrole nitrogens is 1. The molecule has 3 unspecified atom stereocenters. The van der Waals surface area contributed by atoms with E-state index in [2.05, 4.69) is 71.5 Å². The molecule has 3 aromatic rings. The lowest BCUT2D eigenvalue weighted by molar-refractivity contribution is -0.00000487. The second-order valence-electron chi connectivity index (χ2n) is 7.55. The Bertz CT molecular complexity index is 874. The zero-order valence-electron chi connectivity index (χ0n) is 15.6. The minimum Gasteiger partial charge on any atom is -1.00 e. The molecule has 2 nitrogen and oxygen atoms in total. The van der Waals surface area contributed by atoms with Crippen LogP contribution >= 0.6 is 0 Å². The summed E-state index contributed by atoms with van der Waals surface area (Å²) in [5.41, 5.74) is 5.38. The summed E-state index contributed by atoms with van der Waals surface area (Å²) in [7, 11) is 2.34. The summed E-state index contributed by atoms with van der Waals surface area (Å²) in [5.74, 6) is 0.886. The number of rotatable bonds is 3. The summed E-state index contributed by atoms with van der Waals surface area (Å²) in [5, 5.41) is 1.40. The summed E-state index contributed by atoms with van der Waals surface area (Å²) < 4.78 is 0. The number of hydrogen-bond acceptors (Lipinski definition) is 1. The molecular weight excluding hydrogens is 328 g/mol. The molecular formula is C22H25ClN2. The lowest BCUT2D eigenvalue weighted by Gasteiger charge is -2.32. The Labute approximate surface area is 157 Å². The zero-order valence-corrected chi connectivity index (χ0v) is 15.3. The van der Waals surface area contributed by atoms with Crippen LogP contribution in [0.5, 0.6) is 0 Å². The van der Waals surface area contributed by atoms with E-state index in [1.807, 2.05) is 0 Å². The van der Waals surface area contributed by atoms with Crippen molar-refractivity contribution >= 4 is 10.9 Å². The number of likely N-dealkylation sites (N-methyl/N-ethyl adjacent to an activating group) is 1. The number of aromatic nitrogens is 1. The van der Waals surface area contributed by atoms with E-state index in [9.17, 15) is 0 Å². The van der Waals surface area contributed by atoms with Gasteiger partial charge in [-0.15, -0.1) is 0 Å². The van der Waals surface area contributed by atoms with Crippen molar-refractivity contribution in [2.75, 3.05) is 7.05 Å². The van der Waals surface area contributed by atoms with E-state index in [1.165, 1.54) is 47.0 Å². The van der Waals surface area contributed by atoms with Crippen molar-refractivity contribution in [3.8, 4) is 11.3 Å². The van der Waals surface area contributed by atoms with Crippen molar-refractivity contribution in [3.63, 3.8) is 0 Å². The van der Waals surface area contributed by atoms with Crippen LogP contribution in [0.2, 0.25) is 0 Å². The van der Waals surface area contributed by atoms with E-state index in [0.29, 0.717) is 6.04 Å². The SMILES string of the molecule is CN1C2CCC(C2)C1Cc1c(-c2ccccc2)[nH]c2ccccc12.[Cl-].[H+]. The fourth-order valence-electron chi connectivity index (χ4n) is 5.10. The maximum Gasteiger partial charge on any atom is 1.00 e. The highest BCUT2D eigenvalue weighted by atomic mass is 35.5. The Kier molecular flexibility index (Phi) is 4.35. The van der Waals surface area contributed by atoms with Gasteiger partial charge < -0.3 is 17.4 Å². The van der Waals surface area contributed by atoms with Crippen LogP contribution in [0.1, 0.15) is 26.3 Å². The maximum absolute atomic E-state index is 3.69. The van der Waals surface area contributed by atoms with Crippen molar-refractivity contribution in [2.24, 2.45) is 5.92 Å². The predicted molar refractivity (Wildman–Crippen MR) is 101 cm³/mol. The van der Waals surface area contributed by atoms with Gasteiger partial charge in [0.05, 0.1) is 0 Å². The molecule has 1 aromatic heterocycles. The summed E-state index contributed by atoms with van der Waals surface area (Å²) in [6.07, 6.45) is 5.38. The molecule has 0 spiro atoms. The number of piperidine rings is 1. The molecule has 1 aliphatic carbocycles. The number of halogens is 1. The molecule has 2 fully saturated rings. The van der Waals surface area contributed by atoms with Crippen molar-refractivity contribution < 1.29 is 13.8 Å². The molecule has 3 heteroatoms. The second-order valence-corrected chi connectivity index (χ2v) is 7.55. The lowest BCUT2D eigenvalue weighted by atomic mass is 9.90. The summed E-state index contributed by atoms with van der Waals surface area (Å²) in [6, 6.07) is 21.1. The predicted octanol–water partition coefficient (Wildman–Crippen LogP) is 1.98. The van der Waals surface area contributed by atoms with E-state index in [-0.39, 0.29) is 13.8 Å². The Morgan fingerprint density at radius 3 is 2.56 bits per heavy atom. The van der Waals surface area contributed by atoms with Crippen LogP contribution in [0.15, 0.2) is 54.6 Å². The average Bonchev–Trinajstić information content (AvgIpc) is 3.31. The van der Waals surface area contributed by atoms with Crippen LogP contribution < -0.4 is 12.4 Å². The van der Waals surface area contributed by atoms with Gasteiger partial charge in [-0.3, -0.25) is 4.90 Å². The van der Waals surface area contributed by atoms with Gasteiger partial charge in [-0.2, -0.15) is 0 Å². The molecule has 2 heterocycles. The van der Waals surface area contributed by atoms with Crippen molar-refractivity contribution in [3.05, 3.63) is 60.2 Å². The summed E-state index contributed by atoms with van der Waals surface area (Å²) in [4.78, 5) is 6.35. The van der Waals surface area contributed by atoms with E-state index < -0.39 is 0 Å². The first-order chi connectivity index (χ1) is 11.8. The molecule has 130 valence electrons. The Hall–Kier alpha value is -1.77. The molecule has 1 saturated heterocycles. The third kappa shape index (κ3) is 2.68. The number of hydrogen-bond donors (Lipinski definition) is 1. The number of para-hydroxylation sites is 1. The van der Waals surface area contributed by atoms with E-state index in [0.717, 1.165) is 18.4 Å². The van der Waals surface area contributed by atoms with Gasteiger partial charge in [-0.05, 0) is 55.8 Å². The van der Waals surface area contributed by atoms with Crippen LogP contribution in [-0.2, 0) is 6.42 Å². The molecule has 25 heavy (non-hydrogen) atoms. The van der Waals surface area contributed by atoms with E-state index in [4.69, 9.17) is 0 Å². The van der Waals surface area contributed by atoms with Gasteiger partial charge in [-0.25, -0.2) is 0 Å². The third-order valence-corrected chi connectivity index (χ3v) is 6.38. The standard InChI is InChI=1S/C22H24N2.ClH/c1-24-17-12-11-16(13-17)21(24)14-19-18-9-5-6-10-20(18)23-22(19)15-7-3-2-4-8-15;/h2-10,16-17,21,23H,11-14H2,1H3;1H. The molecule has 2 aliphatic rings. The first-order valence-corrected chi connectivity index (χ1v) is 9.18. The van der Waals surface area contributed by atoms with Gasteiger partial charge in [0, 0.05) is 28.7 Å². The minimum atomic E-state index is 0. The molecule has 1 saturated carbocycles. The van der Waals surface area contributed by atoms with Gasteiger partial charge in [0.25, 0.3) is 0 Å². The van der Waals surface area contributed by atoms with Crippen LogP contribution in [0.3, 0.4) is 0 Å². The largest absolute Gasteiger partial charge is 1.00 e. The second kappa shape index (κ2) is 6.51. The third-order valence-electron chi connectivity index (χ3n) is 6.38. The van der Waals surface area contributed by atoms with E-state index >= 15 is 0 Å². The number of benzene rings is 2. The first kappa shape index (κ1) is 16.7. The van der Waals surface area contributed by atoms with Gasteiger partial charge in [-0.1, -0.05) is 48.5 Å². The Morgan fingerprint density at radius 1 is 1.04 bits per heavy atom. The molecule has 0 amide bonds. The number of aromatic amines is 1. The highest BCUT2D eigenvalue weighted by Crippen LogP contribution is 2.44. The summed E-state index contributed by atoms with van der Waals surface area (Å²) >= 11 is 0. The molecule has 1 N–H and O–H groups in total. The summed E-state index contributed by atoms with van der Waals surface area (Å²) in [6.45, 7) is 0. The number of nitrogens with one attached hydrogen (secondary N) is 1.